The molecule has 0 aliphatic heterocycles. The van der Waals surface area contributed by atoms with Gasteiger partial charge in [-0.2, -0.15) is 13.2 Å². The largest absolute Gasteiger partial charge is 0.506 e. The first-order valence-electron chi connectivity index (χ1n) is 4.85. The zero-order valence-electron chi connectivity index (χ0n) is 9.05. The van der Waals surface area contributed by atoms with Crippen molar-refractivity contribution in [3.05, 3.63) is 34.7 Å². The van der Waals surface area contributed by atoms with E-state index in [1.807, 2.05) is 0 Å². The highest BCUT2D eigenvalue weighted by molar-refractivity contribution is 7.17. The molecule has 0 atom stereocenters. The highest BCUT2D eigenvalue weighted by Crippen LogP contribution is 2.50. The summed E-state index contributed by atoms with van der Waals surface area (Å²) in [5, 5.41) is 9.23. The number of hydrogen-bond donors (Lipinski definition) is 2. The second-order valence-electron chi connectivity index (χ2n) is 3.65. The van der Waals surface area contributed by atoms with E-state index in [9.17, 15) is 27.1 Å². The molecule has 2 nitrogen and oxygen atoms in total. The number of halogens is 5. The van der Waals surface area contributed by atoms with Crippen LogP contribution in [0.1, 0.15) is 4.88 Å². The smallest absolute Gasteiger partial charge is 0.429 e. The van der Waals surface area contributed by atoms with Gasteiger partial charge in [-0.05, 0) is 17.7 Å². The number of alkyl halides is 3. The molecular formula is C11H6F5NOS. The van der Waals surface area contributed by atoms with E-state index in [4.69, 9.17) is 5.73 Å². The first-order valence-corrected chi connectivity index (χ1v) is 5.67. The van der Waals surface area contributed by atoms with Crippen molar-refractivity contribution < 1.29 is 27.1 Å². The Morgan fingerprint density at radius 3 is 2.21 bits per heavy atom. The van der Waals surface area contributed by atoms with Crippen LogP contribution in [0.25, 0.3) is 11.1 Å². The van der Waals surface area contributed by atoms with Crippen molar-refractivity contribution in [3.63, 3.8) is 0 Å². The van der Waals surface area contributed by atoms with Gasteiger partial charge in [-0.15, -0.1) is 11.3 Å². The Labute approximate surface area is 107 Å². The Hall–Kier alpha value is -1.83. The molecule has 0 bridgehead atoms. The van der Waals surface area contributed by atoms with Crippen molar-refractivity contribution in [2.45, 2.75) is 6.18 Å². The predicted molar refractivity (Wildman–Crippen MR) is 60.8 cm³/mol. The molecule has 19 heavy (non-hydrogen) atoms. The Bertz CT molecular complexity index is 635. The van der Waals surface area contributed by atoms with Crippen molar-refractivity contribution in [2.24, 2.45) is 0 Å². The highest BCUT2D eigenvalue weighted by Gasteiger charge is 2.38. The van der Waals surface area contributed by atoms with Crippen molar-refractivity contribution in [1.29, 1.82) is 0 Å². The van der Waals surface area contributed by atoms with Gasteiger partial charge in [-0.3, -0.25) is 0 Å². The standard InChI is InChI=1S/C11H6F5NOS/c12-5-2-1-4(3-6(5)13)7-8(18)9(11(14,15)16)19-10(7)17/h1-3,18H,17H2. The first kappa shape index (κ1) is 13.6. The van der Waals surface area contributed by atoms with E-state index >= 15 is 0 Å². The number of nitrogens with two attached hydrogens (primary N) is 1. The second-order valence-corrected chi connectivity index (χ2v) is 4.70. The third-order valence-electron chi connectivity index (χ3n) is 2.38. The second kappa shape index (κ2) is 4.37. The Morgan fingerprint density at radius 1 is 1.11 bits per heavy atom. The zero-order valence-corrected chi connectivity index (χ0v) is 9.87. The monoisotopic (exact) mass is 295 g/mol. The highest BCUT2D eigenvalue weighted by atomic mass is 32.1. The molecule has 3 N–H and O–H groups in total. The van der Waals surface area contributed by atoms with E-state index in [1.165, 1.54) is 0 Å². The molecule has 0 aliphatic rings. The third kappa shape index (κ3) is 2.35. The summed E-state index contributed by atoms with van der Waals surface area (Å²) in [4.78, 5) is -1.27. The molecule has 0 aliphatic carbocycles. The molecule has 2 rings (SSSR count). The Balaban J connectivity index is 2.63. The molecule has 0 spiro atoms. The first-order chi connectivity index (χ1) is 8.71. The molecule has 0 fully saturated rings. The van der Waals surface area contributed by atoms with Crippen molar-refractivity contribution in [2.75, 3.05) is 5.73 Å². The molecule has 2 aromatic rings. The average molecular weight is 295 g/mol. The van der Waals surface area contributed by atoms with Gasteiger partial charge in [0.25, 0.3) is 0 Å². The van der Waals surface area contributed by atoms with Gasteiger partial charge in [0.1, 0.15) is 5.75 Å². The van der Waals surface area contributed by atoms with Crippen molar-refractivity contribution in [1.82, 2.24) is 0 Å². The zero-order chi connectivity index (χ0) is 14.4. The summed E-state index contributed by atoms with van der Waals surface area (Å²) in [5.41, 5.74) is 4.93. The number of nitrogen functional groups attached to an aromatic ring is 1. The minimum absolute atomic E-state index is 0.124. The number of hydrogen-bond acceptors (Lipinski definition) is 3. The summed E-state index contributed by atoms with van der Waals surface area (Å²) in [5.74, 6) is -3.47. The molecule has 0 amide bonds. The fourth-order valence-electron chi connectivity index (χ4n) is 1.56. The van der Waals surface area contributed by atoms with Gasteiger partial charge >= 0.3 is 6.18 Å². The summed E-state index contributed by atoms with van der Waals surface area (Å²) in [6, 6.07) is 2.46. The molecule has 0 radical (unpaired) electrons. The number of anilines is 1. The van der Waals surface area contributed by atoms with Crippen LogP contribution in [0.4, 0.5) is 27.0 Å². The summed E-state index contributed by atoms with van der Waals surface area (Å²) >= 11 is 0.139. The maximum atomic E-state index is 13.1. The lowest BCUT2D eigenvalue weighted by atomic mass is 10.1. The normalized spacial score (nSPS) is 11.8. The minimum atomic E-state index is -4.76. The third-order valence-corrected chi connectivity index (χ3v) is 3.43. The van der Waals surface area contributed by atoms with E-state index in [0.29, 0.717) is 6.07 Å². The SMILES string of the molecule is Nc1sc(C(F)(F)F)c(O)c1-c1ccc(F)c(F)c1. The summed E-state index contributed by atoms with van der Waals surface area (Å²) in [6.07, 6.45) is -4.76. The van der Waals surface area contributed by atoms with E-state index in [-0.39, 0.29) is 27.5 Å². The van der Waals surface area contributed by atoms with Gasteiger partial charge in [-0.25, -0.2) is 8.78 Å². The van der Waals surface area contributed by atoms with Crippen LogP contribution in [0.2, 0.25) is 0 Å². The van der Waals surface area contributed by atoms with Gasteiger partial charge in [0, 0.05) is 0 Å². The van der Waals surface area contributed by atoms with Crippen molar-refractivity contribution in [3.8, 4) is 16.9 Å². The molecule has 8 heteroatoms. The van der Waals surface area contributed by atoms with E-state index in [0.717, 1.165) is 12.1 Å². The van der Waals surface area contributed by atoms with Gasteiger partial charge in [0.2, 0.25) is 0 Å². The lowest BCUT2D eigenvalue weighted by Crippen LogP contribution is -2.01. The van der Waals surface area contributed by atoms with Crippen LogP contribution in [0.15, 0.2) is 18.2 Å². The van der Waals surface area contributed by atoms with Crippen LogP contribution in [0.3, 0.4) is 0 Å². The van der Waals surface area contributed by atoms with Crippen LogP contribution in [-0.4, -0.2) is 5.11 Å². The predicted octanol–water partition coefficient (Wildman–Crippen LogP) is 4.00. The summed E-state index contributed by atoms with van der Waals surface area (Å²) in [7, 11) is 0. The quantitative estimate of drug-likeness (QED) is 0.781. The maximum absolute atomic E-state index is 13.1. The number of thiophene rings is 1. The molecule has 1 aromatic heterocycles. The van der Waals surface area contributed by atoms with Gasteiger partial charge < -0.3 is 10.8 Å². The molecule has 1 heterocycles. The van der Waals surface area contributed by atoms with E-state index < -0.39 is 28.4 Å². The topological polar surface area (TPSA) is 46.2 Å². The van der Waals surface area contributed by atoms with Gasteiger partial charge in [-0.1, -0.05) is 6.07 Å². The lowest BCUT2D eigenvalue weighted by molar-refractivity contribution is -0.135. The van der Waals surface area contributed by atoms with E-state index in [2.05, 4.69) is 0 Å². The molecule has 1 aromatic carbocycles. The Morgan fingerprint density at radius 2 is 1.74 bits per heavy atom. The summed E-state index contributed by atoms with van der Waals surface area (Å²) in [6.45, 7) is 0. The molecule has 0 unspecified atom stereocenters. The fourth-order valence-corrected chi connectivity index (χ4v) is 2.41. The molecule has 102 valence electrons. The van der Waals surface area contributed by atoms with Crippen LogP contribution in [0, 0.1) is 11.6 Å². The van der Waals surface area contributed by atoms with E-state index in [1.54, 1.807) is 0 Å². The minimum Gasteiger partial charge on any atom is -0.506 e. The molecule has 0 saturated carbocycles. The average Bonchev–Trinajstić information content (AvgIpc) is 2.58. The summed E-state index contributed by atoms with van der Waals surface area (Å²) < 4.78 is 63.5. The van der Waals surface area contributed by atoms with Gasteiger partial charge in [0.15, 0.2) is 16.5 Å². The number of rotatable bonds is 1. The lowest BCUT2D eigenvalue weighted by Gasteiger charge is -2.05. The van der Waals surface area contributed by atoms with Crippen molar-refractivity contribution >= 4 is 16.3 Å². The van der Waals surface area contributed by atoms with Crippen LogP contribution >= 0.6 is 11.3 Å². The number of aromatic hydroxyl groups is 1. The molecular weight excluding hydrogens is 289 g/mol. The molecule has 0 saturated heterocycles. The van der Waals surface area contributed by atoms with Crippen LogP contribution in [0.5, 0.6) is 5.75 Å². The van der Waals surface area contributed by atoms with Crippen LogP contribution < -0.4 is 5.73 Å². The Kier molecular flexibility index (Phi) is 3.13. The van der Waals surface area contributed by atoms with Gasteiger partial charge in [0.05, 0.1) is 10.6 Å². The fraction of sp³-hybridized carbons (Fsp3) is 0.0909. The maximum Gasteiger partial charge on any atom is 0.429 e. The van der Waals surface area contributed by atoms with Crippen LogP contribution in [-0.2, 0) is 6.18 Å². The number of benzene rings is 1.